The van der Waals surface area contributed by atoms with Crippen LogP contribution >= 0.6 is 11.8 Å². The molecule has 114 valence electrons. The molecule has 1 aliphatic rings. The van der Waals surface area contributed by atoms with Crippen LogP contribution in [-0.2, 0) is 0 Å². The Morgan fingerprint density at radius 1 is 1.48 bits per heavy atom. The second kappa shape index (κ2) is 6.77. The van der Waals surface area contributed by atoms with Gasteiger partial charge in [0.2, 0.25) is 0 Å². The number of para-hydroxylation sites is 1. The molecule has 0 aliphatic heterocycles. The molecule has 21 heavy (non-hydrogen) atoms. The zero-order valence-corrected chi connectivity index (χ0v) is 12.5. The summed E-state index contributed by atoms with van der Waals surface area (Å²) in [6.07, 6.45) is 5.03. The smallest absolute Gasteiger partial charge is 0.306 e. The van der Waals surface area contributed by atoms with Crippen molar-refractivity contribution in [1.29, 1.82) is 0 Å². The second-order valence-electron chi connectivity index (χ2n) is 4.89. The Hall–Kier alpha value is -1.80. The van der Waals surface area contributed by atoms with Crippen molar-refractivity contribution in [3.8, 4) is 0 Å². The van der Waals surface area contributed by atoms with E-state index in [1.54, 1.807) is 17.8 Å². The predicted molar refractivity (Wildman–Crippen MR) is 83.3 cm³/mol. The molecular weight excluding hydrogens is 292 g/mol. The van der Waals surface area contributed by atoms with Gasteiger partial charge in [-0.05, 0) is 31.2 Å². The number of nitro groups is 1. The summed E-state index contributed by atoms with van der Waals surface area (Å²) in [5.74, 6) is 4.85. The minimum absolute atomic E-state index is 0.0298. The summed E-state index contributed by atoms with van der Waals surface area (Å²) < 4.78 is 0. The van der Waals surface area contributed by atoms with Crippen molar-refractivity contribution in [2.75, 3.05) is 11.7 Å². The maximum atomic E-state index is 12.4. The van der Waals surface area contributed by atoms with Crippen molar-refractivity contribution < 1.29 is 9.72 Å². The maximum Gasteiger partial charge on any atom is 0.306 e. The van der Waals surface area contributed by atoms with Gasteiger partial charge in [0.05, 0.1) is 4.92 Å². The first-order valence-electron chi connectivity index (χ1n) is 6.66. The minimum Gasteiger partial charge on any atom is -0.348 e. The molecular formula is C13H18N4O3S. The summed E-state index contributed by atoms with van der Waals surface area (Å²) in [6.45, 7) is 0. The molecule has 8 heteroatoms. The van der Waals surface area contributed by atoms with Crippen LogP contribution in [-0.4, -0.2) is 28.4 Å². The van der Waals surface area contributed by atoms with Gasteiger partial charge in [0.25, 0.3) is 5.91 Å². The second-order valence-corrected chi connectivity index (χ2v) is 5.97. The Morgan fingerprint density at radius 2 is 2.24 bits per heavy atom. The number of amides is 1. The first kappa shape index (κ1) is 15.6. The van der Waals surface area contributed by atoms with Gasteiger partial charge in [-0.25, -0.2) is 0 Å². The van der Waals surface area contributed by atoms with Crippen LogP contribution in [0.3, 0.4) is 0 Å². The summed E-state index contributed by atoms with van der Waals surface area (Å²) in [4.78, 5) is 23.0. The van der Waals surface area contributed by atoms with E-state index in [9.17, 15) is 14.9 Å². The highest BCUT2D eigenvalue weighted by Gasteiger charge is 2.31. The fraction of sp³-hybridized carbons (Fsp3) is 0.462. The summed E-state index contributed by atoms with van der Waals surface area (Å²) in [7, 11) is 0. The zero-order chi connectivity index (χ0) is 15.4. The largest absolute Gasteiger partial charge is 0.348 e. The van der Waals surface area contributed by atoms with Gasteiger partial charge in [-0.2, -0.15) is 11.8 Å². The third-order valence-electron chi connectivity index (χ3n) is 3.69. The van der Waals surface area contributed by atoms with Crippen molar-refractivity contribution in [2.45, 2.75) is 30.6 Å². The Morgan fingerprint density at radius 3 is 2.86 bits per heavy atom. The molecule has 7 nitrogen and oxygen atoms in total. The van der Waals surface area contributed by atoms with E-state index in [1.165, 1.54) is 12.1 Å². The predicted octanol–water partition coefficient (Wildman–Crippen LogP) is 1.89. The summed E-state index contributed by atoms with van der Waals surface area (Å²) in [5, 5.41) is 14.5. The van der Waals surface area contributed by atoms with Crippen molar-refractivity contribution in [1.82, 2.24) is 5.32 Å². The molecule has 1 fully saturated rings. The number of hydrazine groups is 1. The molecule has 0 bridgehead atoms. The Balaban J connectivity index is 2.25. The number of anilines is 1. The van der Waals surface area contributed by atoms with Gasteiger partial charge >= 0.3 is 5.69 Å². The van der Waals surface area contributed by atoms with Crippen molar-refractivity contribution in [3.05, 3.63) is 33.9 Å². The van der Waals surface area contributed by atoms with Crippen LogP contribution < -0.4 is 16.6 Å². The average Bonchev–Trinajstić information content (AvgIpc) is 2.93. The van der Waals surface area contributed by atoms with E-state index in [2.05, 4.69) is 10.7 Å². The molecule has 2 rings (SSSR count). The first-order valence-corrected chi connectivity index (χ1v) is 7.95. The van der Waals surface area contributed by atoms with Crippen LogP contribution in [0.15, 0.2) is 18.2 Å². The maximum absolute atomic E-state index is 12.4. The number of thioether (sulfide) groups is 1. The van der Waals surface area contributed by atoms with Gasteiger partial charge in [0.1, 0.15) is 11.3 Å². The number of carbonyl (C=O) groups is 1. The fourth-order valence-electron chi connectivity index (χ4n) is 2.66. The van der Waals surface area contributed by atoms with Crippen LogP contribution in [0.1, 0.15) is 29.6 Å². The number of nitrogens with zero attached hydrogens (tertiary/aromatic N) is 1. The van der Waals surface area contributed by atoms with Crippen molar-refractivity contribution >= 4 is 29.0 Å². The molecule has 0 radical (unpaired) electrons. The van der Waals surface area contributed by atoms with Gasteiger partial charge < -0.3 is 10.7 Å². The van der Waals surface area contributed by atoms with Crippen LogP contribution in [0, 0.1) is 10.1 Å². The van der Waals surface area contributed by atoms with E-state index in [-0.39, 0.29) is 23.0 Å². The minimum atomic E-state index is -0.592. The van der Waals surface area contributed by atoms with E-state index in [4.69, 9.17) is 5.84 Å². The van der Waals surface area contributed by atoms with E-state index >= 15 is 0 Å². The third-order valence-corrected chi connectivity index (χ3v) is 4.86. The number of benzene rings is 1. The normalized spacial score (nSPS) is 21.0. The van der Waals surface area contributed by atoms with Gasteiger partial charge in [0.15, 0.2) is 0 Å². The highest BCUT2D eigenvalue weighted by molar-refractivity contribution is 7.99. The van der Waals surface area contributed by atoms with E-state index in [1.807, 2.05) is 6.26 Å². The molecule has 1 aromatic carbocycles. The molecule has 1 amide bonds. The molecule has 1 aliphatic carbocycles. The fourth-order valence-corrected chi connectivity index (χ4v) is 3.59. The first-order chi connectivity index (χ1) is 10.1. The molecule has 0 aromatic heterocycles. The summed E-state index contributed by atoms with van der Waals surface area (Å²) in [6, 6.07) is 4.53. The SMILES string of the molecule is CSC1CCCC1NC(=O)c1cccc(NN)c1[N+](=O)[O-]. The Labute approximate surface area is 126 Å². The van der Waals surface area contributed by atoms with Gasteiger partial charge in [0, 0.05) is 11.3 Å². The number of carbonyl (C=O) groups excluding carboxylic acids is 1. The standard InChI is InChI=1S/C13H18N4O3S/c1-21-11-7-3-5-9(11)15-13(18)8-4-2-6-10(16-14)12(8)17(19)20/h2,4,6,9,11,16H,3,5,7,14H2,1H3,(H,15,18). The zero-order valence-electron chi connectivity index (χ0n) is 11.7. The number of rotatable bonds is 5. The highest BCUT2D eigenvalue weighted by atomic mass is 32.2. The molecule has 0 heterocycles. The van der Waals surface area contributed by atoms with Gasteiger partial charge in [-0.15, -0.1) is 0 Å². The van der Waals surface area contributed by atoms with Crippen molar-refractivity contribution in [3.63, 3.8) is 0 Å². The quantitative estimate of drug-likeness (QED) is 0.435. The average molecular weight is 310 g/mol. The Kier molecular flexibility index (Phi) is 5.03. The van der Waals surface area contributed by atoms with E-state index < -0.39 is 10.8 Å². The number of hydrogen-bond acceptors (Lipinski definition) is 6. The molecule has 2 unspecified atom stereocenters. The van der Waals surface area contributed by atoms with Gasteiger partial charge in [-0.1, -0.05) is 12.5 Å². The van der Waals surface area contributed by atoms with Crippen LogP contribution in [0.4, 0.5) is 11.4 Å². The number of nitro benzene ring substituents is 1. The monoisotopic (exact) mass is 310 g/mol. The van der Waals surface area contributed by atoms with Crippen LogP contribution in [0.2, 0.25) is 0 Å². The number of hydrogen-bond donors (Lipinski definition) is 3. The molecule has 0 saturated heterocycles. The van der Waals surface area contributed by atoms with Crippen molar-refractivity contribution in [2.24, 2.45) is 5.84 Å². The number of nitrogen functional groups attached to an aromatic ring is 1. The van der Waals surface area contributed by atoms with Gasteiger partial charge in [-0.3, -0.25) is 20.8 Å². The topological polar surface area (TPSA) is 110 Å². The lowest BCUT2D eigenvalue weighted by Crippen LogP contribution is -2.38. The van der Waals surface area contributed by atoms with E-state index in [0.29, 0.717) is 5.25 Å². The third kappa shape index (κ3) is 3.27. The number of nitrogens with two attached hydrogens (primary N) is 1. The lowest BCUT2D eigenvalue weighted by atomic mass is 10.1. The van der Waals surface area contributed by atoms with Crippen LogP contribution in [0.25, 0.3) is 0 Å². The Bertz CT molecular complexity index is 552. The lowest BCUT2D eigenvalue weighted by molar-refractivity contribution is -0.384. The molecule has 1 saturated carbocycles. The summed E-state index contributed by atoms with van der Waals surface area (Å²) in [5.41, 5.74) is 2.12. The van der Waals surface area contributed by atoms with Crippen LogP contribution in [0.5, 0.6) is 0 Å². The molecule has 4 N–H and O–H groups in total. The molecule has 1 aromatic rings. The molecule has 0 spiro atoms. The highest BCUT2D eigenvalue weighted by Crippen LogP contribution is 2.31. The molecule has 2 atom stereocenters. The lowest BCUT2D eigenvalue weighted by Gasteiger charge is -2.19. The number of nitrogens with one attached hydrogen (secondary N) is 2. The van der Waals surface area contributed by atoms with E-state index in [0.717, 1.165) is 19.3 Å². The summed E-state index contributed by atoms with van der Waals surface area (Å²) >= 11 is 1.71.